The number of nitrogens with one attached hydrogen (secondary N) is 1. The van der Waals surface area contributed by atoms with Gasteiger partial charge in [0.25, 0.3) is 0 Å². The van der Waals surface area contributed by atoms with Gasteiger partial charge in [-0.3, -0.25) is 4.79 Å². The van der Waals surface area contributed by atoms with Gasteiger partial charge in [0, 0.05) is 24.7 Å². The van der Waals surface area contributed by atoms with E-state index in [-0.39, 0.29) is 5.78 Å². The van der Waals surface area contributed by atoms with Crippen molar-refractivity contribution in [1.29, 1.82) is 0 Å². The summed E-state index contributed by atoms with van der Waals surface area (Å²) in [5.74, 6) is 2.19. The first-order valence-electron chi connectivity index (χ1n) is 10.7. The average molecular weight is 405 g/mol. The lowest BCUT2D eigenvalue weighted by molar-refractivity contribution is 0.0974. The second-order valence-corrected chi connectivity index (χ2v) is 7.54. The number of ether oxygens (including phenoxy) is 1. The van der Waals surface area contributed by atoms with E-state index in [1.807, 2.05) is 30.3 Å². The third kappa shape index (κ3) is 5.26. The van der Waals surface area contributed by atoms with Crippen LogP contribution in [0.3, 0.4) is 0 Å². The first-order valence-corrected chi connectivity index (χ1v) is 10.7. The molecule has 0 aliphatic carbocycles. The number of benzene rings is 1. The van der Waals surface area contributed by atoms with E-state index in [4.69, 9.17) is 9.15 Å². The van der Waals surface area contributed by atoms with Crippen molar-refractivity contribution in [3.8, 4) is 17.2 Å². The van der Waals surface area contributed by atoms with Crippen LogP contribution in [0.15, 0.2) is 53.3 Å². The Hall–Kier alpha value is -3.15. The summed E-state index contributed by atoms with van der Waals surface area (Å²) < 4.78 is 11.6. The number of para-hydroxylation sites is 1. The topological polar surface area (TPSA) is 77.2 Å². The first kappa shape index (κ1) is 20.1. The summed E-state index contributed by atoms with van der Waals surface area (Å²) in [4.78, 5) is 21.3. The molecule has 1 aromatic carbocycles. The van der Waals surface area contributed by atoms with Crippen LogP contribution in [0.2, 0.25) is 0 Å². The molecular weight excluding hydrogens is 378 g/mol. The fourth-order valence-corrected chi connectivity index (χ4v) is 3.58. The van der Waals surface area contributed by atoms with Crippen molar-refractivity contribution in [2.75, 3.05) is 18.5 Å². The van der Waals surface area contributed by atoms with E-state index in [1.54, 1.807) is 6.20 Å². The predicted octanol–water partition coefficient (Wildman–Crippen LogP) is 5.31. The zero-order valence-electron chi connectivity index (χ0n) is 17.1. The average Bonchev–Trinajstić information content (AvgIpc) is 3.27. The number of aryl methyl sites for hydroxylation is 1. The molecule has 2 aromatic heterocycles. The minimum Gasteiger partial charge on any atom is -0.493 e. The number of aromatic nitrogens is 2. The zero-order chi connectivity index (χ0) is 20.6. The molecule has 0 radical (unpaired) electrons. The summed E-state index contributed by atoms with van der Waals surface area (Å²) in [5.41, 5.74) is 2.40. The Kier molecular flexibility index (Phi) is 6.75. The summed E-state index contributed by atoms with van der Waals surface area (Å²) in [6.07, 6.45) is 9.40. The molecule has 0 atom stereocenters. The summed E-state index contributed by atoms with van der Waals surface area (Å²) in [6, 6.07) is 11.9. The molecule has 1 aliphatic rings. The molecule has 0 unspecified atom stereocenters. The highest BCUT2D eigenvalue weighted by atomic mass is 16.5. The molecule has 156 valence electrons. The number of carbonyl (C=O) groups is 1. The van der Waals surface area contributed by atoms with Crippen LogP contribution in [0.5, 0.6) is 5.75 Å². The molecule has 0 saturated heterocycles. The van der Waals surface area contributed by atoms with Gasteiger partial charge in [0.05, 0.1) is 6.61 Å². The van der Waals surface area contributed by atoms with E-state index in [9.17, 15) is 4.79 Å². The van der Waals surface area contributed by atoms with E-state index >= 15 is 0 Å². The monoisotopic (exact) mass is 405 g/mol. The Bertz CT molecular complexity index is 983. The van der Waals surface area contributed by atoms with Crippen LogP contribution >= 0.6 is 0 Å². The molecule has 6 nitrogen and oxygen atoms in total. The minimum absolute atomic E-state index is 0.0105. The van der Waals surface area contributed by atoms with Crippen LogP contribution in [0.1, 0.15) is 54.6 Å². The number of hydrogen-bond donors (Lipinski definition) is 1. The fourth-order valence-electron chi connectivity index (χ4n) is 3.58. The van der Waals surface area contributed by atoms with Crippen LogP contribution in [0.25, 0.3) is 11.5 Å². The van der Waals surface area contributed by atoms with E-state index in [1.165, 1.54) is 11.8 Å². The molecule has 3 aromatic rings. The quantitative estimate of drug-likeness (QED) is 0.546. The smallest absolute Gasteiger partial charge is 0.226 e. The largest absolute Gasteiger partial charge is 0.493 e. The van der Waals surface area contributed by atoms with Crippen molar-refractivity contribution >= 4 is 11.6 Å². The van der Waals surface area contributed by atoms with Gasteiger partial charge in [-0.05, 0) is 62.3 Å². The van der Waals surface area contributed by atoms with E-state index < -0.39 is 0 Å². The highest BCUT2D eigenvalue weighted by Gasteiger charge is 2.14. The third-order valence-corrected chi connectivity index (χ3v) is 5.25. The lowest BCUT2D eigenvalue weighted by atomic mass is 10.0. The first-order chi connectivity index (χ1) is 14.8. The molecule has 1 aliphatic heterocycles. The number of Topliss-reactive ketones (excluding diaryl/α,β-unsaturated/α-hetero) is 1. The molecule has 4 rings (SSSR count). The Balaban J connectivity index is 1.48. The minimum atomic E-state index is 0.0105. The molecule has 4 bridgehead atoms. The Labute approximate surface area is 176 Å². The van der Waals surface area contributed by atoms with Gasteiger partial charge in [-0.1, -0.05) is 18.2 Å². The van der Waals surface area contributed by atoms with Gasteiger partial charge in [0.1, 0.15) is 23.5 Å². The third-order valence-electron chi connectivity index (χ3n) is 5.25. The van der Waals surface area contributed by atoms with Gasteiger partial charge in [-0.25, -0.2) is 9.97 Å². The summed E-state index contributed by atoms with van der Waals surface area (Å²) in [7, 11) is 0. The second-order valence-electron chi connectivity index (χ2n) is 7.54. The van der Waals surface area contributed by atoms with Crippen molar-refractivity contribution in [3.63, 3.8) is 0 Å². The number of hydrogen-bond acceptors (Lipinski definition) is 6. The maximum atomic E-state index is 12.5. The van der Waals surface area contributed by atoms with E-state index in [2.05, 4.69) is 21.4 Å². The Morgan fingerprint density at radius 3 is 2.83 bits per heavy atom. The number of carbonyl (C=O) groups excluding carboxylic acids is 1. The van der Waals surface area contributed by atoms with Crippen LogP contribution in [-0.2, 0) is 6.42 Å². The van der Waals surface area contributed by atoms with Gasteiger partial charge < -0.3 is 14.5 Å². The lowest BCUT2D eigenvalue weighted by Gasteiger charge is -2.12. The standard InChI is InChI=1S/C24H27N3O3/c28-21-10-4-2-8-18-9-3-5-11-22(18)29-15-7-1-6-13-25-23-16-19(12-14-26-23)24-27-20(21)17-30-24/h3,5,9,11-12,14,16-17H,1-2,4,6-8,10,13,15H2,(H,25,26). The lowest BCUT2D eigenvalue weighted by Crippen LogP contribution is -2.05. The molecular formula is C24H27N3O3. The highest BCUT2D eigenvalue weighted by Crippen LogP contribution is 2.23. The summed E-state index contributed by atoms with van der Waals surface area (Å²) in [6.45, 7) is 1.55. The zero-order valence-corrected chi connectivity index (χ0v) is 17.1. The van der Waals surface area contributed by atoms with Crippen molar-refractivity contribution in [3.05, 3.63) is 60.1 Å². The molecule has 0 spiro atoms. The number of rotatable bonds is 0. The van der Waals surface area contributed by atoms with Crippen molar-refractivity contribution in [2.24, 2.45) is 0 Å². The van der Waals surface area contributed by atoms with Crippen LogP contribution < -0.4 is 10.1 Å². The molecule has 0 fully saturated rings. The number of nitrogens with zero attached hydrogens (tertiary/aromatic N) is 2. The SMILES string of the molecule is O=C1CCCCc2ccccc2OCCCCCNc2cc(ccn2)-c2nc1co2. The van der Waals surface area contributed by atoms with Gasteiger partial charge >= 0.3 is 0 Å². The highest BCUT2D eigenvalue weighted by molar-refractivity contribution is 5.94. The fraction of sp³-hybridized carbons (Fsp3) is 0.375. The molecule has 6 heteroatoms. The second kappa shape index (κ2) is 10.1. The van der Waals surface area contributed by atoms with Gasteiger partial charge in [0.2, 0.25) is 5.89 Å². The molecule has 3 heterocycles. The summed E-state index contributed by atoms with van der Waals surface area (Å²) >= 11 is 0. The van der Waals surface area contributed by atoms with Gasteiger partial charge in [-0.2, -0.15) is 0 Å². The number of fused-ring (bicyclic) bond motifs is 6. The van der Waals surface area contributed by atoms with Gasteiger partial charge in [-0.15, -0.1) is 0 Å². The van der Waals surface area contributed by atoms with Crippen molar-refractivity contribution in [1.82, 2.24) is 9.97 Å². The molecule has 30 heavy (non-hydrogen) atoms. The van der Waals surface area contributed by atoms with E-state index in [0.29, 0.717) is 24.6 Å². The molecule has 1 N–H and O–H groups in total. The summed E-state index contributed by atoms with van der Waals surface area (Å²) in [5, 5.41) is 3.34. The van der Waals surface area contributed by atoms with Crippen molar-refractivity contribution < 1.29 is 13.9 Å². The number of oxazole rings is 1. The van der Waals surface area contributed by atoms with Crippen LogP contribution in [0, 0.1) is 0 Å². The van der Waals surface area contributed by atoms with E-state index in [0.717, 1.165) is 62.2 Å². The van der Waals surface area contributed by atoms with Crippen LogP contribution in [0.4, 0.5) is 5.82 Å². The molecule has 0 saturated carbocycles. The Morgan fingerprint density at radius 2 is 1.87 bits per heavy atom. The Morgan fingerprint density at radius 1 is 0.967 bits per heavy atom. The van der Waals surface area contributed by atoms with Crippen molar-refractivity contribution in [2.45, 2.75) is 44.9 Å². The van der Waals surface area contributed by atoms with Gasteiger partial charge in [0.15, 0.2) is 5.78 Å². The number of anilines is 1. The number of pyridine rings is 1. The van der Waals surface area contributed by atoms with Crippen LogP contribution in [-0.4, -0.2) is 28.9 Å². The normalized spacial score (nSPS) is 16.1. The maximum Gasteiger partial charge on any atom is 0.226 e. The molecule has 0 amide bonds. The maximum absolute atomic E-state index is 12.5. The number of ketones is 1. The predicted molar refractivity (Wildman–Crippen MR) is 116 cm³/mol.